The van der Waals surface area contributed by atoms with Gasteiger partial charge in [0.2, 0.25) is 0 Å². The molecule has 1 saturated carbocycles. The number of nitrogens with zero attached hydrogens (tertiary/aromatic N) is 1. The number of aliphatic hydroxyl groups excluding tert-OH is 1. The van der Waals surface area contributed by atoms with Crippen LogP contribution in [-0.4, -0.2) is 39.3 Å². The van der Waals surface area contributed by atoms with E-state index >= 15 is 0 Å². The van der Waals surface area contributed by atoms with Crippen LogP contribution in [0.5, 0.6) is 0 Å². The first-order chi connectivity index (χ1) is 8.49. The number of aromatic nitrogens is 1. The number of halogens is 1. The summed E-state index contributed by atoms with van der Waals surface area (Å²) in [6, 6.07) is 2.03. The first-order valence-electron chi connectivity index (χ1n) is 5.55. The summed E-state index contributed by atoms with van der Waals surface area (Å²) in [5.41, 5.74) is 0.474. The summed E-state index contributed by atoms with van der Waals surface area (Å²) in [5, 5.41) is 20.0. The highest BCUT2D eigenvalue weighted by Crippen LogP contribution is 2.37. The van der Waals surface area contributed by atoms with Crippen LogP contribution >= 0.6 is 15.9 Å². The highest BCUT2D eigenvalue weighted by Gasteiger charge is 2.28. The summed E-state index contributed by atoms with van der Waals surface area (Å²) in [6.07, 6.45) is 2.33. The predicted octanol–water partition coefficient (Wildman–Crippen LogP) is 0.761. The topological polar surface area (TPSA) is 91.6 Å². The molecule has 1 aliphatic rings. The van der Waals surface area contributed by atoms with Gasteiger partial charge in [-0.3, -0.25) is 4.79 Å². The number of amides is 1. The number of hydrogen-bond acceptors (Lipinski definition) is 3. The largest absolute Gasteiger partial charge is 0.479 e. The van der Waals surface area contributed by atoms with E-state index in [1.54, 1.807) is 6.07 Å². The fourth-order valence-electron chi connectivity index (χ4n) is 1.65. The Morgan fingerprint density at radius 1 is 1.56 bits per heavy atom. The Morgan fingerprint density at radius 3 is 2.78 bits per heavy atom. The maximum atomic E-state index is 11.9. The lowest BCUT2D eigenvalue weighted by Crippen LogP contribution is -2.37. The zero-order chi connectivity index (χ0) is 13.3. The van der Waals surface area contributed by atoms with Crippen molar-refractivity contribution in [3.05, 3.63) is 22.4 Å². The lowest BCUT2D eigenvalue weighted by Gasteiger charge is -2.10. The molecule has 0 aliphatic heterocycles. The molecular formula is C11H13BrN2O4. The second-order valence-corrected chi connectivity index (χ2v) is 5.16. The van der Waals surface area contributed by atoms with Crippen molar-refractivity contribution in [1.29, 1.82) is 0 Å². The lowest BCUT2D eigenvalue weighted by atomic mass is 10.3. The van der Waals surface area contributed by atoms with E-state index in [1.165, 1.54) is 0 Å². The lowest BCUT2D eigenvalue weighted by molar-refractivity contribution is -0.146. The number of hydrogen-bond donors (Lipinski definition) is 3. The van der Waals surface area contributed by atoms with Gasteiger partial charge < -0.3 is 20.1 Å². The molecule has 98 valence electrons. The van der Waals surface area contributed by atoms with Crippen molar-refractivity contribution in [2.45, 2.75) is 25.0 Å². The number of carbonyl (C=O) groups excluding carboxylic acids is 1. The molecule has 1 aliphatic carbocycles. The maximum absolute atomic E-state index is 11.9. The Kier molecular flexibility index (Phi) is 3.72. The van der Waals surface area contributed by atoms with Crippen molar-refractivity contribution >= 4 is 27.8 Å². The van der Waals surface area contributed by atoms with Gasteiger partial charge in [-0.1, -0.05) is 0 Å². The Hall–Kier alpha value is -1.34. The highest BCUT2D eigenvalue weighted by atomic mass is 79.9. The molecule has 18 heavy (non-hydrogen) atoms. The Labute approximate surface area is 112 Å². The van der Waals surface area contributed by atoms with E-state index in [2.05, 4.69) is 21.2 Å². The van der Waals surface area contributed by atoms with E-state index in [-0.39, 0.29) is 12.5 Å². The summed E-state index contributed by atoms with van der Waals surface area (Å²) >= 11 is 3.31. The second-order valence-electron chi connectivity index (χ2n) is 4.25. The standard InChI is InChI=1S/C11H13BrN2O4/c12-6-3-8(14(5-6)7-1-2-7)10(16)13-4-9(15)11(17)18/h3,5,7,9,15H,1-2,4H2,(H,13,16)(H,17,18)/t9-/m0/s1. The summed E-state index contributed by atoms with van der Waals surface area (Å²) in [4.78, 5) is 22.3. The van der Waals surface area contributed by atoms with E-state index in [9.17, 15) is 9.59 Å². The predicted molar refractivity (Wildman–Crippen MR) is 66.4 cm³/mol. The normalized spacial score (nSPS) is 16.3. The molecule has 1 aromatic heterocycles. The van der Waals surface area contributed by atoms with Crippen LogP contribution in [0.4, 0.5) is 0 Å². The molecule has 0 unspecified atom stereocenters. The van der Waals surface area contributed by atoms with Crippen molar-refractivity contribution in [1.82, 2.24) is 9.88 Å². The fourth-order valence-corrected chi connectivity index (χ4v) is 2.09. The highest BCUT2D eigenvalue weighted by molar-refractivity contribution is 9.10. The number of aliphatic carboxylic acids is 1. The Morgan fingerprint density at radius 2 is 2.22 bits per heavy atom. The van der Waals surface area contributed by atoms with Gasteiger partial charge in [0.25, 0.3) is 5.91 Å². The molecule has 1 amide bonds. The molecule has 0 spiro atoms. The van der Waals surface area contributed by atoms with E-state index < -0.39 is 12.1 Å². The van der Waals surface area contributed by atoms with Crippen molar-refractivity contribution in [3.63, 3.8) is 0 Å². The molecule has 1 aromatic rings. The van der Waals surface area contributed by atoms with Crippen LogP contribution < -0.4 is 5.32 Å². The number of aliphatic hydroxyl groups is 1. The molecule has 1 fully saturated rings. The first-order valence-corrected chi connectivity index (χ1v) is 6.35. The molecule has 3 N–H and O–H groups in total. The second kappa shape index (κ2) is 5.11. The third-order valence-electron chi connectivity index (χ3n) is 2.73. The van der Waals surface area contributed by atoms with Crippen LogP contribution in [0, 0.1) is 0 Å². The Balaban J connectivity index is 2.02. The van der Waals surface area contributed by atoms with Crippen LogP contribution in [0.3, 0.4) is 0 Å². The molecule has 0 saturated heterocycles. The Bertz CT molecular complexity index is 481. The van der Waals surface area contributed by atoms with E-state index in [4.69, 9.17) is 10.2 Å². The van der Waals surface area contributed by atoms with E-state index in [0.717, 1.165) is 17.3 Å². The number of nitrogens with one attached hydrogen (secondary N) is 1. The minimum atomic E-state index is -1.58. The molecular weight excluding hydrogens is 304 g/mol. The van der Waals surface area contributed by atoms with Gasteiger partial charge in [0.15, 0.2) is 6.10 Å². The molecule has 2 rings (SSSR count). The van der Waals surface area contributed by atoms with Crippen molar-refractivity contribution in [3.8, 4) is 0 Å². The van der Waals surface area contributed by atoms with Crippen LogP contribution in [0.25, 0.3) is 0 Å². The quantitative estimate of drug-likeness (QED) is 0.748. The average molecular weight is 317 g/mol. The summed E-state index contributed by atoms with van der Waals surface area (Å²) in [7, 11) is 0. The SMILES string of the molecule is O=C(NC[C@H](O)C(=O)O)c1cc(Br)cn1C1CC1. The van der Waals surface area contributed by atoms with Crippen LogP contribution in [0.1, 0.15) is 29.4 Å². The van der Waals surface area contributed by atoms with Gasteiger partial charge in [-0.2, -0.15) is 0 Å². The third-order valence-corrected chi connectivity index (χ3v) is 3.16. The van der Waals surface area contributed by atoms with Gasteiger partial charge in [-0.05, 0) is 34.8 Å². The molecule has 0 aromatic carbocycles. The molecule has 0 bridgehead atoms. The minimum Gasteiger partial charge on any atom is -0.479 e. The zero-order valence-electron chi connectivity index (χ0n) is 9.47. The molecule has 1 heterocycles. The van der Waals surface area contributed by atoms with E-state index in [0.29, 0.717) is 11.7 Å². The minimum absolute atomic E-state index is 0.304. The third kappa shape index (κ3) is 2.91. The van der Waals surface area contributed by atoms with Gasteiger partial charge in [0.1, 0.15) is 5.69 Å². The first kappa shape index (κ1) is 13.1. The summed E-state index contributed by atoms with van der Waals surface area (Å²) in [5.74, 6) is -1.73. The van der Waals surface area contributed by atoms with Gasteiger partial charge in [-0.25, -0.2) is 4.79 Å². The maximum Gasteiger partial charge on any atom is 0.334 e. The summed E-state index contributed by atoms with van der Waals surface area (Å²) in [6.45, 7) is -0.304. The van der Waals surface area contributed by atoms with Crippen LogP contribution in [0.2, 0.25) is 0 Å². The van der Waals surface area contributed by atoms with Gasteiger partial charge in [-0.15, -0.1) is 0 Å². The van der Waals surface area contributed by atoms with Gasteiger partial charge >= 0.3 is 5.97 Å². The van der Waals surface area contributed by atoms with Crippen molar-refractivity contribution < 1.29 is 19.8 Å². The average Bonchev–Trinajstić information content (AvgIpc) is 3.08. The monoisotopic (exact) mass is 316 g/mol. The van der Waals surface area contributed by atoms with Gasteiger partial charge in [0, 0.05) is 16.7 Å². The van der Waals surface area contributed by atoms with Gasteiger partial charge in [0.05, 0.1) is 6.54 Å². The molecule has 1 atom stereocenters. The number of carbonyl (C=O) groups is 2. The molecule has 6 nitrogen and oxygen atoms in total. The molecule has 7 heteroatoms. The fraction of sp³-hybridized carbons (Fsp3) is 0.455. The number of carboxylic acids is 1. The van der Waals surface area contributed by atoms with Crippen molar-refractivity contribution in [2.24, 2.45) is 0 Å². The smallest absolute Gasteiger partial charge is 0.334 e. The summed E-state index contributed by atoms with van der Waals surface area (Å²) < 4.78 is 2.67. The number of rotatable bonds is 5. The number of carboxylic acid groups (broad SMARTS) is 1. The van der Waals surface area contributed by atoms with E-state index in [1.807, 2.05) is 10.8 Å². The zero-order valence-corrected chi connectivity index (χ0v) is 11.1. The van der Waals surface area contributed by atoms with Crippen LogP contribution in [-0.2, 0) is 4.79 Å². The van der Waals surface area contributed by atoms with Crippen LogP contribution in [0.15, 0.2) is 16.7 Å². The molecule has 0 radical (unpaired) electrons. The van der Waals surface area contributed by atoms with Crippen molar-refractivity contribution in [2.75, 3.05) is 6.54 Å².